The number of anilines is 1. The van der Waals surface area contributed by atoms with Crippen LogP contribution in [0.1, 0.15) is 18.1 Å². The third kappa shape index (κ3) is 1.55. The van der Waals surface area contributed by atoms with E-state index in [-0.39, 0.29) is 0 Å². The highest BCUT2D eigenvalue weighted by molar-refractivity contribution is 9.08. The van der Waals surface area contributed by atoms with Gasteiger partial charge in [-0.3, -0.25) is 0 Å². The molecule has 2 rings (SSSR count). The van der Waals surface area contributed by atoms with E-state index in [0.29, 0.717) is 0 Å². The average Bonchev–Trinajstić information content (AvgIpc) is 2.56. The second-order valence-corrected chi connectivity index (χ2v) is 4.93. The first kappa shape index (κ1) is 9.99. The molecule has 0 spiro atoms. The van der Waals surface area contributed by atoms with Crippen molar-refractivity contribution in [3.05, 3.63) is 29.3 Å². The number of benzene rings is 1. The molecular formula is C11H12BrNS. The molecular weight excluding hydrogens is 258 g/mol. The number of nitrogens with two attached hydrogens (primary N) is 1. The van der Waals surface area contributed by atoms with E-state index in [9.17, 15) is 0 Å². The Morgan fingerprint density at radius 2 is 2.21 bits per heavy atom. The molecule has 0 aliphatic heterocycles. The topological polar surface area (TPSA) is 26.0 Å². The molecule has 0 unspecified atom stereocenters. The van der Waals surface area contributed by atoms with Gasteiger partial charge < -0.3 is 5.73 Å². The number of hydrogen-bond donors (Lipinski definition) is 1. The standard InChI is InChI=1S/C11H12BrNS/c1-2-7-3-4-10-8(9(7)6-12)5-11(13)14-10/h3-5H,2,6,13H2,1H3. The van der Waals surface area contributed by atoms with E-state index in [0.717, 1.165) is 16.8 Å². The second-order valence-electron chi connectivity index (χ2n) is 3.25. The molecule has 1 aromatic carbocycles. The third-order valence-electron chi connectivity index (χ3n) is 2.44. The van der Waals surface area contributed by atoms with E-state index in [1.165, 1.54) is 21.2 Å². The maximum Gasteiger partial charge on any atom is 0.0868 e. The maximum atomic E-state index is 5.81. The highest BCUT2D eigenvalue weighted by atomic mass is 79.9. The SMILES string of the molecule is CCc1ccc2sc(N)cc2c1CBr. The fourth-order valence-corrected chi connectivity index (χ4v) is 3.24. The highest BCUT2D eigenvalue weighted by Crippen LogP contribution is 2.33. The Morgan fingerprint density at radius 1 is 1.43 bits per heavy atom. The third-order valence-corrected chi connectivity index (χ3v) is 3.93. The van der Waals surface area contributed by atoms with Crippen LogP contribution >= 0.6 is 27.3 Å². The summed E-state index contributed by atoms with van der Waals surface area (Å²) in [5.41, 5.74) is 8.61. The van der Waals surface area contributed by atoms with Gasteiger partial charge in [-0.05, 0) is 35.1 Å². The van der Waals surface area contributed by atoms with Gasteiger partial charge in [0.15, 0.2) is 0 Å². The molecule has 0 aliphatic rings. The summed E-state index contributed by atoms with van der Waals surface area (Å²) in [6, 6.07) is 6.45. The molecule has 1 aromatic heterocycles. The van der Waals surface area contributed by atoms with E-state index in [1.54, 1.807) is 11.3 Å². The van der Waals surface area contributed by atoms with Crippen LogP contribution in [0.5, 0.6) is 0 Å². The van der Waals surface area contributed by atoms with Crippen LogP contribution in [0.3, 0.4) is 0 Å². The molecule has 3 heteroatoms. The van der Waals surface area contributed by atoms with Gasteiger partial charge >= 0.3 is 0 Å². The number of halogens is 1. The van der Waals surface area contributed by atoms with Crippen molar-refractivity contribution in [2.45, 2.75) is 18.7 Å². The lowest BCUT2D eigenvalue weighted by Crippen LogP contribution is -1.89. The van der Waals surface area contributed by atoms with Crippen LogP contribution in [0.25, 0.3) is 10.1 Å². The van der Waals surface area contributed by atoms with Gasteiger partial charge in [-0.25, -0.2) is 0 Å². The fraction of sp³-hybridized carbons (Fsp3) is 0.273. The molecule has 1 nitrogen and oxygen atoms in total. The number of aryl methyl sites for hydroxylation is 1. The zero-order chi connectivity index (χ0) is 10.1. The van der Waals surface area contributed by atoms with Crippen molar-refractivity contribution in [3.63, 3.8) is 0 Å². The van der Waals surface area contributed by atoms with Gasteiger partial charge in [0.2, 0.25) is 0 Å². The van der Waals surface area contributed by atoms with Crippen molar-refractivity contribution in [2.75, 3.05) is 5.73 Å². The number of rotatable bonds is 2. The van der Waals surface area contributed by atoms with Crippen molar-refractivity contribution in [3.8, 4) is 0 Å². The monoisotopic (exact) mass is 269 g/mol. The first-order valence-electron chi connectivity index (χ1n) is 4.62. The molecule has 0 bridgehead atoms. The van der Waals surface area contributed by atoms with Crippen LogP contribution in [-0.4, -0.2) is 0 Å². The summed E-state index contributed by atoms with van der Waals surface area (Å²) >= 11 is 5.20. The minimum Gasteiger partial charge on any atom is -0.391 e. The molecule has 0 saturated heterocycles. The van der Waals surface area contributed by atoms with Gasteiger partial charge in [0.05, 0.1) is 5.00 Å². The van der Waals surface area contributed by atoms with E-state index in [1.807, 2.05) is 0 Å². The molecule has 0 atom stereocenters. The van der Waals surface area contributed by atoms with Crippen molar-refractivity contribution in [1.29, 1.82) is 0 Å². The van der Waals surface area contributed by atoms with Crippen LogP contribution in [0.15, 0.2) is 18.2 Å². The molecule has 0 saturated carbocycles. The predicted molar refractivity (Wildman–Crippen MR) is 68.2 cm³/mol. The average molecular weight is 270 g/mol. The number of alkyl halides is 1. The highest BCUT2D eigenvalue weighted by Gasteiger charge is 2.07. The van der Waals surface area contributed by atoms with Gasteiger partial charge in [0.1, 0.15) is 0 Å². The van der Waals surface area contributed by atoms with Crippen LogP contribution < -0.4 is 5.73 Å². The summed E-state index contributed by atoms with van der Waals surface area (Å²) in [6.07, 6.45) is 1.08. The van der Waals surface area contributed by atoms with E-state index in [4.69, 9.17) is 5.73 Å². The van der Waals surface area contributed by atoms with E-state index >= 15 is 0 Å². The van der Waals surface area contributed by atoms with E-state index < -0.39 is 0 Å². The first-order chi connectivity index (χ1) is 6.76. The summed E-state index contributed by atoms with van der Waals surface area (Å²) in [5, 5.41) is 3.11. The Kier molecular flexibility index (Phi) is 2.79. The lowest BCUT2D eigenvalue weighted by Gasteiger charge is -2.05. The number of thiophene rings is 1. The second kappa shape index (κ2) is 3.91. The molecule has 1 heterocycles. The lowest BCUT2D eigenvalue weighted by atomic mass is 10.0. The lowest BCUT2D eigenvalue weighted by molar-refractivity contribution is 1.12. The largest absolute Gasteiger partial charge is 0.391 e. The van der Waals surface area contributed by atoms with Crippen LogP contribution in [0, 0.1) is 0 Å². The van der Waals surface area contributed by atoms with Crippen molar-refractivity contribution >= 4 is 42.4 Å². The maximum absolute atomic E-state index is 5.81. The molecule has 14 heavy (non-hydrogen) atoms. The smallest absolute Gasteiger partial charge is 0.0868 e. The minimum atomic E-state index is 0.899. The number of nitrogen functional groups attached to an aromatic ring is 1. The van der Waals surface area contributed by atoms with Crippen LogP contribution in [0.2, 0.25) is 0 Å². The molecule has 2 aromatic rings. The minimum absolute atomic E-state index is 0.899. The van der Waals surface area contributed by atoms with Gasteiger partial charge in [0.25, 0.3) is 0 Å². The first-order valence-corrected chi connectivity index (χ1v) is 6.55. The Labute approximate surface area is 96.1 Å². The van der Waals surface area contributed by atoms with Gasteiger partial charge in [-0.2, -0.15) is 0 Å². The Hall–Kier alpha value is -0.540. The molecule has 0 aliphatic carbocycles. The summed E-state index contributed by atoms with van der Waals surface area (Å²) in [4.78, 5) is 0. The Morgan fingerprint density at radius 3 is 2.86 bits per heavy atom. The quantitative estimate of drug-likeness (QED) is 0.822. The fourth-order valence-electron chi connectivity index (χ4n) is 1.72. The van der Waals surface area contributed by atoms with Gasteiger partial charge in [0, 0.05) is 10.0 Å². The van der Waals surface area contributed by atoms with Crippen molar-refractivity contribution < 1.29 is 0 Å². The van der Waals surface area contributed by atoms with Crippen molar-refractivity contribution in [2.24, 2.45) is 0 Å². The van der Waals surface area contributed by atoms with Crippen LogP contribution in [-0.2, 0) is 11.8 Å². The summed E-state index contributed by atoms with van der Waals surface area (Å²) in [7, 11) is 0. The van der Waals surface area contributed by atoms with E-state index in [2.05, 4.69) is 41.1 Å². The Balaban J connectivity index is 2.75. The van der Waals surface area contributed by atoms with Gasteiger partial charge in [-0.15, -0.1) is 11.3 Å². The van der Waals surface area contributed by atoms with Crippen molar-refractivity contribution in [1.82, 2.24) is 0 Å². The van der Waals surface area contributed by atoms with Gasteiger partial charge in [-0.1, -0.05) is 28.9 Å². The van der Waals surface area contributed by atoms with Crippen LogP contribution in [0.4, 0.5) is 5.00 Å². The normalized spacial score (nSPS) is 11.0. The summed E-state index contributed by atoms with van der Waals surface area (Å²) in [6.45, 7) is 2.18. The predicted octanol–water partition coefficient (Wildman–Crippen LogP) is 3.94. The summed E-state index contributed by atoms with van der Waals surface area (Å²) in [5.74, 6) is 0. The Bertz CT molecular complexity index is 462. The molecule has 2 N–H and O–H groups in total. The molecule has 0 radical (unpaired) electrons. The molecule has 0 fully saturated rings. The zero-order valence-electron chi connectivity index (χ0n) is 8.01. The number of hydrogen-bond acceptors (Lipinski definition) is 2. The zero-order valence-corrected chi connectivity index (χ0v) is 10.4. The number of fused-ring (bicyclic) bond motifs is 1. The molecule has 0 amide bonds. The molecule has 74 valence electrons. The summed E-state index contributed by atoms with van der Waals surface area (Å²) < 4.78 is 1.29.